The predicted octanol–water partition coefficient (Wildman–Crippen LogP) is 1.72. The molecule has 0 spiro atoms. The molecule has 0 radical (unpaired) electrons. The third kappa shape index (κ3) is 4.03. The van der Waals surface area contributed by atoms with Gasteiger partial charge in [0.2, 0.25) is 11.8 Å². The van der Waals surface area contributed by atoms with Crippen LogP contribution in [0.2, 0.25) is 0 Å². The number of carbonyl (C=O) groups is 2. The van der Waals surface area contributed by atoms with E-state index in [1.807, 2.05) is 36.3 Å². The number of rotatable bonds is 6. The fourth-order valence-corrected chi connectivity index (χ4v) is 3.56. The number of aryl methyl sites for hydroxylation is 3. The van der Waals surface area contributed by atoms with E-state index in [0.29, 0.717) is 25.8 Å². The molecule has 7 heteroatoms. The molecule has 0 aromatic carbocycles. The highest BCUT2D eigenvalue weighted by atomic mass is 16.2. The molecule has 7 nitrogen and oxygen atoms in total. The van der Waals surface area contributed by atoms with Gasteiger partial charge in [0.15, 0.2) is 5.65 Å². The Morgan fingerprint density at radius 1 is 1.15 bits per heavy atom. The largest absolute Gasteiger partial charge is 0.356 e. The molecule has 1 N–H and O–H groups in total. The summed E-state index contributed by atoms with van der Waals surface area (Å²) < 4.78 is 1.84. The molecule has 0 aliphatic carbocycles. The molecule has 1 aliphatic heterocycles. The van der Waals surface area contributed by atoms with E-state index in [0.717, 1.165) is 54.2 Å². The van der Waals surface area contributed by atoms with Crippen LogP contribution in [0.1, 0.15) is 48.3 Å². The van der Waals surface area contributed by atoms with Gasteiger partial charge in [0.25, 0.3) is 0 Å². The second-order valence-corrected chi connectivity index (χ2v) is 7.00. The number of carbonyl (C=O) groups excluding carboxylic acids is 2. The second kappa shape index (κ2) is 7.85. The number of fused-ring (bicyclic) bond motifs is 1. The lowest BCUT2D eigenvalue weighted by Gasteiger charge is -2.15. The van der Waals surface area contributed by atoms with Gasteiger partial charge >= 0.3 is 0 Å². The first-order valence-electron chi connectivity index (χ1n) is 9.32. The second-order valence-electron chi connectivity index (χ2n) is 7.00. The van der Waals surface area contributed by atoms with E-state index in [4.69, 9.17) is 0 Å². The first kappa shape index (κ1) is 18.4. The Balaban J connectivity index is 1.51. The zero-order chi connectivity index (χ0) is 18.7. The lowest BCUT2D eigenvalue weighted by molar-refractivity contribution is -0.130. The van der Waals surface area contributed by atoms with Crippen molar-refractivity contribution in [1.29, 1.82) is 0 Å². The van der Waals surface area contributed by atoms with Gasteiger partial charge in [-0.25, -0.2) is 9.50 Å². The standard InChI is InChI=1S/C19H27N5O2/c1-13-12-17-21-14(2)16(15(3)24(17)22-13)6-7-18(25)20-9-8-19(26)23-10-4-5-11-23/h12H,4-11H2,1-3H3,(H,20,25). The summed E-state index contributed by atoms with van der Waals surface area (Å²) in [5.74, 6) is 0.105. The zero-order valence-corrected chi connectivity index (χ0v) is 15.8. The number of likely N-dealkylation sites (tertiary alicyclic amines) is 1. The Hall–Kier alpha value is -2.44. The van der Waals surface area contributed by atoms with Gasteiger partial charge in [-0.2, -0.15) is 5.10 Å². The minimum absolute atomic E-state index is 0.0326. The average molecular weight is 357 g/mol. The lowest BCUT2D eigenvalue weighted by atomic mass is 10.1. The van der Waals surface area contributed by atoms with E-state index in [9.17, 15) is 9.59 Å². The maximum absolute atomic E-state index is 12.1. The number of nitrogens with one attached hydrogen (secondary N) is 1. The van der Waals surface area contributed by atoms with Crippen LogP contribution in [0, 0.1) is 20.8 Å². The molecule has 3 rings (SSSR count). The summed E-state index contributed by atoms with van der Waals surface area (Å²) in [6.45, 7) is 8.04. The van der Waals surface area contributed by atoms with E-state index in [1.54, 1.807) is 0 Å². The zero-order valence-electron chi connectivity index (χ0n) is 15.8. The number of hydrogen-bond donors (Lipinski definition) is 1. The number of nitrogens with zero attached hydrogens (tertiary/aromatic N) is 4. The highest BCUT2D eigenvalue weighted by molar-refractivity contribution is 5.79. The normalized spacial score (nSPS) is 14.2. The van der Waals surface area contributed by atoms with Crippen LogP contribution in [0.4, 0.5) is 0 Å². The molecule has 0 saturated carbocycles. The Labute approximate surface area is 153 Å². The lowest BCUT2D eigenvalue weighted by Crippen LogP contribution is -2.32. The van der Waals surface area contributed by atoms with Crippen LogP contribution in [0.5, 0.6) is 0 Å². The highest BCUT2D eigenvalue weighted by Gasteiger charge is 2.17. The molecule has 2 amide bonds. The van der Waals surface area contributed by atoms with Crippen LogP contribution in [-0.4, -0.2) is 50.9 Å². The van der Waals surface area contributed by atoms with Crippen molar-refractivity contribution < 1.29 is 9.59 Å². The van der Waals surface area contributed by atoms with E-state index in [-0.39, 0.29) is 11.8 Å². The molecule has 1 saturated heterocycles. The summed E-state index contributed by atoms with van der Waals surface area (Å²) in [7, 11) is 0. The molecule has 0 unspecified atom stereocenters. The van der Waals surface area contributed by atoms with Crippen molar-refractivity contribution in [2.24, 2.45) is 0 Å². The van der Waals surface area contributed by atoms with Crippen molar-refractivity contribution >= 4 is 17.5 Å². The summed E-state index contributed by atoms with van der Waals surface area (Å²) >= 11 is 0. The minimum Gasteiger partial charge on any atom is -0.356 e. The van der Waals surface area contributed by atoms with Crippen molar-refractivity contribution in [1.82, 2.24) is 24.8 Å². The molecule has 0 bridgehead atoms. The molecular formula is C19H27N5O2. The van der Waals surface area contributed by atoms with Gasteiger partial charge in [-0.1, -0.05) is 0 Å². The molecule has 26 heavy (non-hydrogen) atoms. The monoisotopic (exact) mass is 357 g/mol. The van der Waals surface area contributed by atoms with Crippen LogP contribution in [0.15, 0.2) is 6.07 Å². The van der Waals surface area contributed by atoms with Crippen molar-refractivity contribution in [2.45, 2.75) is 52.9 Å². The fraction of sp³-hybridized carbons (Fsp3) is 0.579. The van der Waals surface area contributed by atoms with E-state index < -0.39 is 0 Å². The highest BCUT2D eigenvalue weighted by Crippen LogP contribution is 2.17. The summed E-state index contributed by atoms with van der Waals surface area (Å²) in [6.07, 6.45) is 3.55. The van der Waals surface area contributed by atoms with Crippen molar-refractivity contribution in [3.63, 3.8) is 0 Å². The molecule has 2 aromatic heterocycles. The van der Waals surface area contributed by atoms with Gasteiger partial charge in [0.1, 0.15) is 0 Å². The summed E-state index contributed by atoms with van der Waals surface area (Å²) in [6, 6.07) is 1.95. The number of aromatic nitrogens is 3. The first-order chi connectivity index (χ1) is 12.5. The molecular weight excluding hydrogens is 330 g/mol. The van der Waals surface area contributed by atoms with Gasteiger partial charge in [0, 0.05) is 49.9 Å². The molecule has 1 aliphatic rings. The van der Waals surface area contributed by atoms with Crippen LogP contribution in [-0.2, 0) is 16.0 Å². The Morgan fingerprint density at radius 3 is 2.62 bits per heavy atom. The van der Waals surface area contributed by atoms with E-state index >= 15 is 0 Å². The average Bonchev–Trinajstić information content (AvgIpc) is 3.24. The maximum atomic E-state index is 12.1. The minimum atomic E-state index is -0.0326. The molecule has 2 aromatic rings. The predicted molar refractivity (Wildman–Crippen MR) is 99.0 cm³/mol. The molecule has 0 atom stereocenters. The Kier molecular flexibility index (Phi) is 5.54. The number of hydrogen-bond acceptors (Lipinski definition) is 4. The van der Waals surface area contributed by atoms with Gasteiger partial charge in [-0.05, 0) is 45.6 Å². The first-order valence-corrected chi connectivity index (χ1v) is 9.32. The van der Waals surface area contributed by atoms with Crippen LogP contribution >= 0.6 is 0 Å². The van der Waals surface area contributed by atoms with Crippen LogP contribution < -0.4 is 5.32 Å². The van der Waals surface area contributed by atoms with Gasteiger partial charge in [-0.15, -0.1) is 0 Å². The SMILES string of the molecule is Cc1cc2nc(C)c(CCC(=O)NCCC(=O)N3CCCC3)c(C)n2n1. The summed E-state index contributed by atoms with van der Waals surface area (Å²) in [4.78, 5) is 30.6. The van der Waals surface area contributed by atoms with Crippen LogP contribution in [0.25, 0.3) is 5.65 Å². The van der Waals surface area contributed by atoms with E-state index in [1.165, 1.54) is 0 Å². The van der Waals surface area contributed by atoms with Gasteiger partial charge in [-0.3, -0.25) is 9.59 Å². The molecule has 140 valence electrons. The fourth-order valence-electron chi connectivity index (χ4n) is 3.56. The topological polar surface area (TPSA) is 79.6 Å². The van der Waals surface area contributed by atoms with E-state index in [2.05, 4.69) is 15.4 Å². The smallest absolute Gasteiger partial charge is 0.224 e. The van der Waals surface area contributed by atoms with Gasteiger partial charge in [0.05, 0.1) is 5.69 Å². The molecule has 3 heterocycles. The van der Waals surface area contributed by atoms with Crippen molar-refractivity contribution in [3.8, 4) is 0 Å². The summed E-state index contributed by atoms with van der Waals surface area (Å²) in [5, 5.41) is 7.32. The third-order valence-corrected chi connectivity index (χ3v) is 5.01. The van der Waals surface area contributed by atoms with Crippen molar-refractivity contribution in [2.75, 3.05) is 19.6 Å². The molecule has 1 fully saturated rings. The van der Waals surface area contributed by atoms with Crippen molar-refractivity contribution in [3.05, 3.63) is 28.7 Å². The Bertz CT molecular complexity index is 821. The quantitative estimate of drug-likeness (QED) is 0.854. The maximum Gasteiger partial charge on any atom is 0.224 e. The Morgan fingerprint density at radius 2 is 1.88 bits per heavy atom. The third-order valence-electron chi connectivity index (χ3n) is 5.01. The summed E-state index contributed by atoms with van der Waals surface area (Å²) in [5.41, 5.74) is 4.79. The number of amides is 2. The van der Waals surface area contributed by atoms with Gasteiger partial charge < -0.3 is 10.2 Å². The van der Waals surface area contributed by atoms with Crippen LogP contribution in [0.3, 0.4) is 0 Å².